The summed E-state index contributed by atoms with van der Waals surface area (Å²) in [7, 11) is 1.62. The molecule has 1 unspecified atom stereocenters. The van der Waals surface area contributed by atoms with Gasteiger partial charge in [-0.05, 0) is 36.4 Å². The van der Waals surface area contributed by atoms with E-state index in [9.17, 15) is 9.59 Å². The number of nitrogens with one attached hydrogen (secondary N) is 1. The first-order valence-electron chi connectivity index (χ1n) is 11.0. The topological polar surface area (TPSA) is 101 Å². The minimum absolute atomic E-state index is 0.00835. The SMILES string of the molecule is COc1ccc(Nc2nc(N3CCN(C=O)CC3)nc3c2C(=O)CC(c2ccco2)C3)cc1. The molecule has 0 radical (unpaired) electrons. The number of ether oxygens (including phenoxy) is 1. The van der Waals surface area contributed by atoms with Crippen LogP contribution >= 0.6 is 0 Å². The van der Waals surface area contributed by atoms with Gasteiger partial charge < -0.3 is 24.3 Å². The standard InChI is InChI=1S/C24H25N5O4/c1-32-18-6-4-17(5-7-18)25-23-22-19(13-16(14-20(22)31)21-3-2-12-33-21)26-24(27-23)29-10-8-28(15-30)9-11-29/h2-7,12,15-16H,8-11,13-14H2,1H3,(H,25,26,27). The van der Waals surface area contributed by atoms with Crippen LogP contribution in [0.15, 0.2) is 47.1 Å². The van der Waals surface area contributed by atoms with Crippen molar-refractivity contribution in [3.63, 3.8) is 0 Å². The largest absolute Gasteiger partial charge is 0.497 e. The van der Waals surface area contributed by atoms with Gasteiger partial charge >= 0.3 is 0 Å². The van der Waals surface area contributed by atoms with E-state index in [0.29, 0.717) is 62.0 Å². The lowest BCUT2D eigenvalue weighted by molar-refractivity contribution is -0.118. The molecule has 1 saturated heterocycles. The molecule has 1 N–H and O–H groups in total. The summed E-state index contributed by atoms with van der Waals surface area (Å²) in [6.07, 6.45) is 3.44. The summed E-state index contributed by atoms with van der Waals surface area (Å²) in [4.78, 5) is 37.7. The highest BCUT2D eigenvalue weighted by Crippen LogP contribution is 2.36. The molecule has 170 valence electrons. The molecule has 33 heavy (non-hydrogen) atoms. The van der Waals surface area contributed by atoms with E-state index in [0.717, 1.165) is 23.6 Å². The number of benzene rings is 1. The number of hydrogen-bond donors (Lipinski definition) is 1. The molecule has 3 heterocycles. The van der Waals surface area contributed by atoms with Crippen LogP contribution in [-0.2, 0) is 11.2 Å². The van der Waals surface area contributed by atoms with Gasteiger partial charge in [0.1, 0.15) is 17.3 Å². The molecular weight excluding hydrogens is 422 g/mol. The average molecular weight is 447 g/mol. The van der Waals surface area contributed by atoms with Gasteiger partial charge in [-0.1, -0.05) is 0 Å². The summed E-state index contributed by atoms with van der Waals surface area (Å²) in [6, 6.07) is 11.2. The summed E-state index contributed by atoms with van der Waals surface area (Å²) in [5.41, 5.74) is 2.05. The zero-order chi connectivity index (χ0) is 22.8. The van der Waals surface area contributed by atoms with Crippen LogP contribution in [0.2, 0.25) is 0 Å². The monoisotopic (exact) mass is 447 g/mol. The zero-order valence-corrected chi connectivity index (χ0v) is 18.4. The number of amides is 1. The highest BCUT2D eigenvalue weighted by atomic mass is 16.5. The van der Waals surface area contributed by atoms with Gasteiger partial charge in [-0.25, -0.2) is 4.98 Å². The Morgan fingerprint density at radius 1 is 1.09 bits per heavy atom. The van der Waals surface area contributed by atoms with E-state index in [1.54, 1.807) is 18.3 Å². The molecule has 2 aliphatic rings. The molecule has 0 bridgehead atoms. The van der Waals surface area contributed by atoms with Gasteiger partial charge in [0.05, 0.1) is 24.6 Å². The summed E-state index contributed by atoms with van der Waals surface area (Å²) in [5.74, 6) is 2.54. The third kappa shape index (κ3) is 4.26. The normalized spacial score (nSPS) is 18.1. The summed E-state index contributed by atoms with van der Waals surface area (Å²) in [5, 5.41) is 3.32. The van der Waals surface area contributed by atoms with Gasteiger partial charge in [-0.2, -0.15) is 4.98 Å². The zero-order valence-electron chi connectivity index (χ0n) is 18.4. The van der Waals surface area contributed by atoms with E-state index in [1.165, 1.54) is 0 Å². The lowest BCUT2D eigenvalue weighted by Gasteiger charge is -2.33. The first kappa shape index (κ1) is 21.0. The number of piperazine rings is 1. The van der Waals surface area contributed by atoms with Crippen molar-refractivity contribution >= 4 is 29.6 Å². The van der Waals surface area contributed by atoms with E-state index in [1.807, 2.05) is 36.4 Å². The number of ketones is 1. The van der Waals surface area contributed by atoms with Crippen LogP contribution in [0, 0.1) is 0 Å². The Labute approximate surface area is 191 Å². The number of carbonyl (C=O) groups is 2. The Kier molecular flexibility index (Phi) is 5.68. The van der Waals surface area contributed by atoms with Crippen LogP contribution in [0.1, 0.15) is 34.2 Å². The highest BCUT2D eigenvalue weighted by Gasteiger charge is 2.33. The van der Waals surface area contributed by atoms with E-state index in [4.69, 9.17) is 19.1 Å². The van der Waals surface area contributed by atoms with Crippen molar-refractivity contribution in [1.82, 2.24) is 14.9 Å². The summed E-state index contributed by atoms with van der Waals surface area (Å²) in [6.45, 7) is 2.49. The van der Waals surface area contributed by atoms with E-state index in [2.05, 4.69) is 10.2 Å². The minimum Gasteiger partial charge on any atom is -0.497 e. The molecule has 1 aliphatic heterocycles. The van der Waals surface area contributed by atoms with Crippen LogP contribution in [-0.4, -0.2) is 60.4 Å². The van der Waals surface area contributed by atoms with Crippen molar-refractivity contribution in [1.29, 1.82) is 0 Å². The second kappa shape index (κ2) is 8.93. The van der Waals surface area contributed by atoms with Crippen LogP contribution in [0.4, 0.5) is 17.5 Å². The van der Waals surface area contributed by atoms with Crippen LogP contribution in [0.3, 0.4) is 0 Å². The van der Waals surface area contributed by atoms with Crippen molar-refractivity contribution in [2.45, 2.75) is 18.8 Å². The molecule has 1 fully saturated rings. The maximum Gasteiger partial charge on any atom is 0.227 e. The molecule has 9 heteroatoms. The number of methoxy groups -OCH3 is 1. The van der Waals surface area contributed by atoms with Crippen molar-refractivity contribution < 1.29 is 18.7 Å². The number of carbonyl (C=O) groups excluding carboxylic acids is 2. The van der Waals surface area contributed by atoms with Gasteiger partial charge in [0.25, 0.3) is 0 Å². The predicted molar refractivity (Wildman–Crippen MR) is 122 cm³/mol. The van der Waals surface area contributed by atoms with Crippen molar-refractivity contribution in [2.75, 3.05) is 43.5 Å². The van der Waals surface area contributed by atoms with Crippen LogP contribution < -0.4 is 15.0 Å². The van der Waals surface area contributed by atoms with Gasteiger partial charge in [-0.15, -0.1) is 0 Å². The van der Waals surface area contributed by atoms with Crippen LogP contribution in [0.25, 0.3) is 0 Å². The molecule has 3 aromatic rings. The molecule has 1 amide bonds. The van der Waals surface area contributed by atoms with Crippen LogP contribution in [0.5, 0.6) is 5.75 Å². The number of Topliss-reactive ketones (excluding diaryl/α,β-unsaturated/α-hetero) is 1. The fraction of sp³-hybridized carbons (Fsp3) is 0.333. The predicted octanol–water partition coefficient (Wildman–Crippen LogP) is 3.01. The minimum atomic E-state index is -0.0523. The van der Waals surface area contributed by atoms with Gasteiger partial charge in [0.2, 0.25) is 12.4 Å². The summed E-state index contributed by atoms with van der Waals surface area (Å²) >= 11 is 0. The number of nitrogens with zero attached hydrogens (tertiary/aromatic N) is 4. The molecular formula is C24H25N5O4. The average Bonchev–Trinajstić information content (AvgIpc) is 3.39. The Bertz CT molecular complexity index is 1140. The van der Waals surface area contributed by atoms with Crippen molar-refractivity contribution in [3.8, 4) is 5.75 Å². The molecule has 2 aromatic heterocycles. The number of aromatic nitrogens is 2. The van der Waals surface area contributed by atoms with Crippen molar-refractivity contribution in [3.05, 3.63) is 59.7 Å². The lowest BCUT2D eigenvalue weighted by atomic mass is 9.84. The molecule has 9 nitrogen and oxygen atoms in total. The maximum atomic E-state index is 13.2. The Morgan fingerprint density at radius 3 is 2.55 bits per heavy atom. The first-order chi connectivity index (χ1) is 16.1. The highest BCUT2D eigenvalue weighted by molar-refractivity contribution is 6.03. The van der Waals surface area contributed by atoms with Gasteiger partial charge in [0.15, 0.2) is 5.78 Å². The fourth-order valence-electron chi connectivity index (χ4n) is 4.36. The third-order valence-corrected chi connectivity index (χ3v) is 6.17. The molecule has 1 aromatic carbocycles. The number of furan rings is 1. The van der Waals surface area contributed by atoms with E-state index < -0.39 is 0 Å². The second-order valence-electron chi connectivity index (χ2n) is 8.22. The molecule has 1 aliphatic carbocycles. The van der Waals surface area contributed by atoms with E-state index >= 15 is 0 Å². The molecule has 5 rings (SSSR count). The quantitative estimate of drug-likeness (QED) is 0.576. The van der Waals surface area contributed by atoms with Crippen molar-refractivity contribution in [2.24, 2.45) is 0 Å². The van der Waals surface area contributed by atoms with Gasteiger partial charge in [0, 0.05) is 50.6 Å². The van der Waals surface area contributed by atoms with Gasteiger partial charge in [-0.3, -0.25) is 9.59 Å². The number of rotatable bonds is 6. The number of fused-ring (bicyclic) bond motifs is 1. The van der Waals surface area contributed by atoms with E-state index in [-0.39, 0.29) is 11.7 Å². The number of anilines is 3. The Balaban J connectivity index is 1.51. The fourth-order valence-corrected chi connectivity index (χ4v) is 4.36. The Hall–Kier alpha value is -3.88. The number of hydrogen-bond acceptors (Lipinski definition) is 8. The summed E-state index contributed by atoms with van der Waals surface area (Å²) < 4.78 is 10.8. The lowest BCUT2D eigenvalue weighted by Crippen LogP contribution is -2.46. The molecule has 0 spiro atoms. The second-order valence-corrected chi connectivity index (χ2v) is 8.22. The molecule has 1 atom stereocenters. The smallest absolute Gasteiger partial charge is 0.227 e. The third-order valence-electron chi connectivity index (χ3n) is 6.17. The first-order valence-corrected chi connectivity index (χ1v) is 11.0. The Morgan fingerprint density at radius 2 is 1.88 bits per heavy atom. The molecule has 0 saturated carbocycles. The maximum absolute atomic E-state index is 13.2.